The van der Waals surface area contributed by atoms with Crippen LogP contribution >= 0.6 is 44.3 Å². The summed E-state index contributed by atoms with van der Waals surface area (Å²) in [4.78, 5) is 0. The Morgan fingerprint density at radius 3 is 2.53 bits per heavy atom. The van der Waals surface area contributed by atoms with Crippen LogP contribution in [-0.4, -0.2) is 5.11 Å². The SMILES string of the molecule is CCC[C@@H](N)c1cc(Br)cc(Br)c1O.Cl. The van der Waals surface area contributed by atoms with E-state index in [9.17, 15) is 5.11 Å². The number of rotatable bonds is 3. The van der Waals surface area contributed by atoms with Gasteiger partial charge in [0.15, 0.2) is 0 Å². The summed E-state index contributed by atoms with van der Waals surface area (Å²) in [5.74, 6) is 0.245. The Labute approximate surface area is 113 Å². The van der Waals surface area contributed by atoms with Gasteiger partial charge in [0, 0.05) is 16.1 Å². The van der Waals surface area contributed by atoms with Crippen LogP contribution in [0.3, 0.4) is 0 Å². The van der Waals surface area contributed by atoms with E-state index >= 15 is 0 Å². The molecule has 0 saturated heterocycles. The quantitative estimate of drug-likeness (QED) is 0.852. The molecule has 2 nitrogen and oxygen atoms in total. The van der Waals surface area contributed by atoms with E-state index in [1.165, 1.54) is 0 Å². The molecular weight excluding hydrogens is 345 g/mol. The zero-order valence-electron chi connectivity index (χ0n) is 8.34. The molecule has 3 N–H and O–H groups in total. The average molecular weight is 359 g/mol. The minimum atomic E-state index is -0.103. The fourth-order valence-electron chi connectivity index (χ4n) is 1.34. The lowest BCUT2D eigenvalue weighted by atomic mass is 10.0. The van der Waals surface area contributed by atoms with E-state index in [0.29, 0.717) is 4.47 Å². The van der Waals surface area contributed by atoms with Crippen LogP contribution in [0, 0.1) is 0 Å². The van der Waals surface area contributed by atoms with Crippen LogP contribution in [0.1, 0.15) is 31.4 Å². The molecule has 0 fully saturated rings. The van der Waals surface area contributed by atoms with Gasteiger partial charge < -0.3 is 10.8 Å². The highest BCUT2D eigenvalue weighted by Crippen LogP contribution is 2.35. The molecule has 0 spiro atoms. The Morgan fingerprint density at radius 1 is 1.40 bits per heavy atom. The summed E-state index contributed by atoms with van der Waals surface area (Å²) in [6.45, 7) is 2.07. The van der Waals surface area contributed by atoms with Crippen molar-refractivity contribution in [2.24, 2.45) is 5.73 Å². The van der Waals surface area contributed by atoms with Gasteiger partial charge in [-0.15, -0.1) is 12.4 Å². The van der Waals surface area contributed by atoms with Gasteiger partial charge in [-0.3, -0.25) is 0 Å². The van der Waals surface area contributed by atoms with E-state index < -0.39 is 0 Å². The molecule has 0 amide bonds. The van der Waals surface area contributed by atoms with Crippen LogP contribution in [0.5, 0.6) is 5.75 Å². The Hall–Kier alpha value is 0.230. The van der Waals surface area contributed by atoms with E-state index in [0.717, 1.165) is 22.9 Å². The van der Waals surface area contributed by atoms with E-state index in [1.807, 2.05) is 6.07 Å². The minimum Gasteiger partial charge on any atom is -0.506 e. The smallest absolute Gasteiger partial charge is 0.134 e. The number of phenolic OH excluding ortho intramolecular Hbond substituents is 1. The first-order valence-electron chi connectivity index (χ1n) is 4.49. The van der Waals surface area contributed by atoms with Crippen molar-refractivity contribution in [3.05, 3.63) is 26.6 Å². The Balaban J connectivity index is 0.00000196. The van der Waals surface area contributed by atoms with Crippen LogP contribution in [0.15, 0.2) is 21.1 Å². The van der Waals surface area contributed by atoms with Gasteiger partial charge in [0.1, 0.15) is 5.75 Å². The fourth-order valence-corrected chi connectivity index (χ4v) is 2.59. The topological polar surface area (TPSA) is 46.2 Å². The second-order valence-corrected chi connectivity index (χ2v) is 4.99. The molecule has 0 heterocycles. The molecular formula is C10H14Br2ClNO. The van der Waals surface area contributed by atoms with Crippen molar-refractivity contribution in [1.82, 2.24) is 0 Å². The van der Waals surface area contributed by atoms with E-state index in [1.54, 1.807) is 6.07 Å². The first kappa shape index (κ1) is 15.2. The summed E-state index contributed by atoms with van der Waals surface area (Å²) in [5.41, 5.74) is 6.73. The third-order valence-corrected chi connectivity index (χ3v) is 3.12. The Kier molecular flexibility index (Phi) is 6.84. The lowest BCUT2D eigenvalue weighted by molar-refractivity contribution is 0.454. The lowest BCUT2D eigenvalue weighted by Gasteiger charge is -2.14. The number of benzene rings is 1. The molecule has 0 bridgehead atoms. The Bertz CT molecular complexity index is 333. The van der Waals surface area contributed by atoms with Crippen molar-refractivity contribution in [2.45, 2.75) is 25.8 Å². The molecule has 0 saturated carbocycles. The van der Waals surface area contributed by atoms with Crippen LogP contribution in [-0.2, 0) is 0 Å². The molecule has 1 rings (SSSR count). The molecule has 1 aromatic carbocycles. The van der Waals surface area contributed by atoms with Crippen LogP contribution in [0.4, 0.5) is 0 Å². The Morgan fingerprint density at radius 2 is 2.00 bits per heavy atom. The highest BCUT2D eigenvalue weighted by atomic mass is 79.9. The summed E-state index contributed by atoms with van der Waals surface area (Å²) in [6.07, 6.45) is 1.88. The molecule has 5 heteroatoms. The van der Waals surface area contributed by atoms with Gasteiger partial charge in [-0.1, -0.05) is 29.3 Å². The summed E-state index contributed by atoms with van der Waals surface area (Å²) < 4.78 is 1.59. The van der Waals surface area contributed by atoms with Gasteiger partial charge in [0.05, 0.1) is 4.47 Å². The van der Waals surface area contributed by atoms with Gasteiger partial charge in [-0.2, -0.15) is 0 Å². The van der Waals surface area contributed by atoms with Crippen molar-refractivity contribution >= 4 is 44.3 Å². The minimum absolute atomic E-state index is 0. The van der Waals surface area contributed by atoms with E-state index in [-0.39, 0.29) is 24.2 Å². The predicted octanol–water partition coefficient (Wildman–Crippen LogP) is 4.14. The number of hydrogen-bond donors (Lipinski definition) is 2. The summed E-state index contributed by atoms with van der Waals surface area (Å²) in [7, 11) is 0. The second-order valence-electron chi connectivity index (χ2n) is 3.22. The van der Waals surface area contributed by atoms with Crippen molar-refractivity contribution in [3.8, 4) is 5.75 Å². The van der Waals surface area contributed by atoms with Gasteiger partial charge >= 0.3 is 0 Å². The number of aromatic hydroxyl groups is 1. The number of phenols is 1. The van der Waals surface area contributed by atoms with Crippen molar-refractivity contribution in [1.29, 1.82) is 0 Å². The maximum atomic E-state index is 9.77. The zero-order chi connectivity index (χ0) is 10.7. The highest BCUT2D eigenvalue weighted by molar-refractivity contribution is 9.11. The molecule has 15 heavy (non-hydrogen) atoms. The first-order chi connectivity index (χ1) is 6.56. The molecule has 1 atom stereocenters. The number of hydrogen-bond acceptors (Lipinski definition) is 2. The average Bonchev–Trinajstić information content (AvgIpc) is 2.11. The largest absolute Gasteiger partial charge is 0.506 e. The maximum absolute atomic E-state index is 9.77. The molecule has 0 radical (unpaired) electrons. The third kappa shape index (κ3) is 3.94. The standard InChI is InChI=1S/C10H13Br2NO.ClH/c1-2-3-9(13)7-4-6(11)5-8(12)10(7)14;/h4-5,9,14H,2-3,13H2,1H3;1H/t9-;/m1./s1. The van der Waals surface area contributed by atoms with Gasteiger partial charge in [-0.05, 0) is 34.5 Å². The molecule has 86 valence electrons. The molecule has 0 aromatic heterocycles. The van der Waals surface area contributed by atoms with Crippen molar-refractivity contribution in [2.75, 3.05) is 0 Å². The fraction of sp³-hybridized carbons (Fsp3) is 0.400. The molecule has 0 aliphatic rings. The molecule has 0 unspecified atom stereocenters. The van der Waals surface area contributed by atoms with Crippen LogP contribution in [0.25, 0.3) is 0 Å². The highest BCUT2D eigenvalue weighted by Gasteiger charge is 2.13. The van der Waals surface area contributed by atoms with Crippen LogP contribution in [0.2, 0.25) is 0 Å². The second kappa shape index (κ2) is 6.74. The molecule has 1 aromatic rings. The summed E-state index contributed by atoms with van der Waals surface area (Å²) >= 11 is 6.65. The first-order valence-corrected chi connectivity index (χ1v) is 6.08. The predicted molar refractivity (Wildman–Crippen MR) is 72.6 cm³/mol. The molecule has 0 aliphatic heterocycles. The van der Waals surface area contributed by atoms with Crippen LogP contribution < -0.4 is 5.73 Å². The number of halogens is 3. The van der Waals surface area contributed by atoms with Crippen molar-refractivity contribution < 1.29 is 5.11 Å². The summed E-state index contributed by atoms with van der Waals surface area (Å²) in [5, 5.41) is 9.77. The maximum Gasteiger partial charge on any atom is 0.134 e. The monoisotopic (exact) mass is 357 g/mol. The van der Waals surface area contributed by atoms with E-state index in [4.69, 9.17) is 5.73 Å². The van der Waals surface area contributed by atoms with Gasteiger partial charge in [0.25, 0.3) is 0 Å². The third-order valence-electron chi connectivity index (χ3n) is 2.06. The molecule has 0 aliphatic carbocycles. The van der Waals surface area contributed by atoms with E-state index in [2.05, 4.69) is 38.8 Å². The normalized spacial score (nSPS) is 12.0. The number of nitrogens with two attached hydrogens (primary N) is 1. The van der Waals surface area contributed by atoms with Gasteiger partial charge in [0.2, 0.25) is 0 Å². The summed E-state index contributed by atoms with van der Waals surface area (Å²) in [6, 6.07) is 3.56. The zero-order valence-corrected chi connectivity index (χ0v) is 12.3. The van der Waals surface area contributed by atoms with Crippen molar-refractivity contribution in [3.63, 3.8) is 0 Å². The lowest BCUT2D eigenvalue weighted by Crippen LogP contribution is -2.10. The van der Waals surface area contributed by atoms with Gasteiger partial charge in [-0.25, -0.2) is 0 Å².